The number of nitrogens with zero attached hydrogens (tertiary/aromatic N) is 1. The van der Waals surface area contributed by atoms with E-state index in [1.807, 2.05) is 0 Å². The highest BCUT2D eigenvalue weighted by atomic mass is 19.3. The number of hydrazone groups is 1. The maximum atomic E-state index is 12.9. The zero-order chi connectivity index (χ0) is 18.4. The number of benzene rings is 2. The van der Waals surface area contributed by atoms with Gasteiger partial charge in [0.25, 0.3) is 5.91 Å². The van der Waals surface area contributed by atoms with E-state index in [2.05, 4.69) is 15.3 Å². The van der Waals surface area contributed by atoms with Crippen molar-refractivity contribution < 1.29 is 32.2 Å². The van der Waals surface area contributed by atoms with Gasteiger partial charge in [-0.05, 0) is 42.0 Å². The molecule has 0 aliphatic heterocycles. The molecule has 0 bridgehead atoms. The molecule has 0 saturated heterocycles. The molecule has 1 amide bonds. The van der Waals surface area contributed by atoms with Gasteiger partial charge in [0, 0.05) is 5.56 Å². The number of hydrogen-bond donors (Lipinski definition) is 2. The summed E-state index contributed by atoms with van der Waals surface area (Å²) in [5, 5.41) is 12.8. The lowest BCUT2D eigenvalue weighted by molar-refractivity contribution is -0.253. The third-order valence-electron chi connectivity index (χ3n) is 2.88. The van der Waals surface area contributed by atoms with Gasteiger partial charge in [0.2, 0.25) is 0 Å². The summed E-state index contributed by atoms with van der Waals surface area (Å²) in [4.78, 5) is 11.8. The number of aromatic hydroxyl groups is 1. The molecule has 2 N–H and O–H groups in total. The van der Waals surface area contributed by atoms with Crippen molar-refractivity contribution in [1.29, 1.82) is 0 Å². The molecule has 0 atom stereocenters. The summed E-state index contributed by atoms with van der Waals surface area (Å²) in [6.45, 7) is 0. The van der Waals surface area contributed by atoms with Crippen LogP contribution in [0.15, 0.2) is 53.6 Å². The van der Waals surface area contributed by atoms with E-state index in [4.69, 9.17) is 5.11 Å². The van der Waals surface area contributed by atoms with Crippen LogP contribution in [0.25, 0.3) is 0 Å². The predicted molar refractivity (Wildman–Crippen MR) is 81.2 cm³/mol. The zero-order valence-electron chi connectivity index (χ0n) is 12.5. The topological polar surface area (TPSA) is 70.9 Å². The van der Waals surface area contributed by atoms with E-state index in [0.717, 1.165) is 18.3 Å². The van der Waals surface area contributed by atoms with Gasteiger partial charge in [0.15, 0.2) is 0 Å². The van der Waals surface area contributed by atoms with Crippen molar-refractivity contribution in [3.63, 3.8) is 0 Å². The fourth-order valence-corrected chi connectivity index (χ4v) is 1.70. The van der Waals surface area contributed by atoms with Crippen LogP contribution in [-0.4, -0.2) is 29.8 Å². The van der Waals surface area contributed by atoms with Gasteiger partial charge in [-0.25, -0.2) is 5.43 Å². The lowest BCUT2D eigenvalue weighted by Crippen LogP contribution is -2.33. The molecule has 2 aromatic carbocycles. The summed E-state index contributed by atoms with van der Waals surface area (Å²) in [6, 6.07) is 10.3. The number of nitrogens with one attached hydrogen (secondary N) is 1. The van der Waals surface area contributed by atoms with Gasteiger partial charge in [0.05, 0.1) is 6.21 Å². The minimum Gasteiger partial charge on any atom is -0.508 e. The number of amides is 1. The molecule has 132 valence electrons. The van der Waals surface area contributed by atoms with Crippen LogP contribution in [0.2, 0.25) is 0 Å². The Morgan fingerprint density at radius 2 is 1.88 bits per heavy atom. The summed E-state index contributed by atoms with van der Waals surface area (Å²) >= 11 is 0. The Kier molecular flexibility index (Phi) is 5.58. The van der Waals surface area contributed by atoms with Crippen LogP contribution in [0.5, 0.6) is 11.5 Å². The first-order chi connectivity index (χ1) is 11.8. The fraction of sp³-hybridized carbons (Fsp3) is 0.125. The highest BCUT2D eigenvalue weighted by molar-refractivity contribution is 5.95. The molecule has 2 rings (SSSR count). The summed E-state index contributed by atoms with van der Waals surface area (Å²) in [6.07, 6.45) is -7.44. The first-order valence-electron chi connectivity index (χ1n) is 6.85. The van der Waals surface area contributed by atoms with E-state index >= 15 is 0 Å². The lowest BCUT2D eigenvalue weighted by Gasteiger charge is -2.16. The molecule has 0 aromatic heterocycles. The molecule has 0 unspecified atom stereocenters. The molecule has 0 aliphatic rings. The van der Waals surface area contributed by atoms with Crippen LogP contribution in [0, 0.1) is 0 Å². The van der Waals surface area contributed by atoms with Crippen LogP contribution in [0.3, 0.4) is 0 Å². The van der Waals surface area contributed by atoms with Crippen LogP contribution in [0.4, 0.5) is 17.6 Å². The van der Waals surface area contributed by atoms with Gasteiger partial charge >= 0.3 is 12.5 Å². The highest BCUT2D eigenvalue weighted by Gasteiger charge is 2.43. The zero-order valence-corrected chi connectivity index (χ0v) is 12.5. The summed E-state index contributed by atoms with van der Waals surface area (Å²) in [5.41, 5.74) is 2.68. The van der Waals surface area contributed by atoms with Crippen molar-refractivity contribution in [2.75, 3.05) is 0 Å². The third kappa shape index (κ3) is 5.20. The molecule has 0 saturated carbocycles. The van der Waals surface area contributed by atoms with Crippen molar-refractivity contribution in [3.05, 3.63) is 59.7 Å². The lowest BCUT2D eigenvalue weighted by atomic mass is 10.2. The monoisotopic (exact) mass is 356 g/mol. The Labute approximate surface area is 139 Å². The summed E-state index contributed by atoms with van der Waals surface area (Å²) in [7, 11) is 0. The van der Waals surface area contributed by atoms with Crippen molar-refractivity contribution in [1.82, 2.24) is 5.43 Å². The van der Waals surface area contributed by atoms with Crippen LogP contribution in [0.1, 0.15) is 15.9 Å². The van der Waals surface area contributed by atoms with Gasteiger partial charge in [-0.3, -0.25) is 4.79 Å². The number of phenols is 1. The van der Waals surface area contributed by atoms with Gasteiger partial charge < -0.3 is 9.84 Å². The Morgan fingerprint density at radius 1 is 1.20 bits per heavy atom. The molecular formula is C16H12F4N2O3. The van der Waals surface area contributed by atoms with Gasteiger partial charge in [-0.2, -0.15) is 22.7 Å². The van der Waals surface area contributed by atoms with Crippen LogP contribution < -0.4 is 10.2 Å². The predicted octanol–water partition coefficient (Wildman–Crippen LogP) is 3.39. The number of alkyl halides is 4. The first kappa shape index (κ1) is 18.2. The van der Waals surface area contributed by atoms with E-state index in [9.17, 15) is 22.4 Å². The standard InChI is InChI=1S/C16H12F4N2O3/c17-15(18)16(19,20)25-13-3-1-2-10(8-13)9-21-22-14(24)11-4-6-12(23)7-5-11/h1-9,15,23H,(H,22,24). The normalized spacial score (nSPS) is 11.7. The highest BCUT2D eigenvalue weighted by Crippen LogP contribution is 2.27. The fourth-order valence-electron chi connectivity index (χ4n) is 1.70. The Morgan fingerprint density at radius 3 is 2.52 bits per heavy atom. The average Bonchev–Trinajstić information content (AvgIpc) is 2.55. The number of ether oxygens (including phenoxy) is 1. The largest absolute Gasteiger partial charge is 0.508 e. The van der Waals surface area contributed by atoms with Crippen LogP contribution >= 0.6 is 0 Å². The molecule has 2 aromatic rings. The Balaban J connectivity index is 2.00. The molecule has 0 heterocycles. The number of carbonyl (C=O) groups is 1. The second kappa shape index (κ2) is 7.65. The molecule has 0 spiro atoms. The molecule has 0 aliphatic carbocycles. The number of hydrogen-bond acceptors (Lipinski definition) is 4. The van der Waals surface area contributed by atoms with Gasteiger partial charge in [0.1, 0.15) is 11.5 Å². The van der Waals surface area contributed by atoms with E-state index in [1.165, 1.54) is 36.4 Å². The summed E-state index contributed by atoms with van der Waals surface area (Å²) in [5.74, 6) is -1.04. The van der Waals surface area contributed by atoms with Crippen molar-refractivity contribution in [2.24, 2.45) is 5.10 Å². The van der Waals surface area contributed by atoms with E-state index < -0.39 is 24.2 Å². The molecule has 0 radical (unpaired) electrons. The molecule has 9 heteroatoms. The molecule has 0 fully saturated rings. The van der Waals surface area contributed by atoms with E-state index in [1.54, 1.807) is 0 Å². The Hall–Kier alpha value is -3.10. The van der Waals surface area contributed by atoms with Crippen molar-refractivity contribution in [2.45, 2.75) is 12.5 Å². The molecule has 25 heavy (non-hydrogen) atoms. The SMILES string of the molecule is O=C(NN=Cc1cccc(OC(F)(F)C(F)F)c1)c1ccc(O)cc1. The minimum atomic E-state index is -4.61. The summed E-state index contributed by atoms with van der Waals surface area (Å²) < 4.78 is 53.9. The van der Waals surface area contributed by atoms with Crippen molar-refractivity contribution in [3.8, 4) is 11.5 Å². The third-order valence-corrected chi connectivity index (χ3v) is 2.88. The molecular weight excluding hydrogens is 344 g/mol. The smallest absolute Gasteiger partial charge is 0.461 e. The van der Waals surface area contributed by atoms with E-state index in [-0.39, 0.29) is 16.9 Å². The number of carbonyl (C=O) groups excluding carboxylic acids is 1. The Bertz CT molecular complexity index is 764. The second-order valence-electron chi connectivity index (χ2n) is 4.78. The average molecular weight is 356 g/mol. The molecule has 5 nitrogen and oxygen atoms in total. The maximum Gasteiger partial charge on any atom is 0.461 e. The number of rotatable bonds is 6. The number of phenolic OH excluding ortho intramolecular Hbond substituents is 1. The van der Waals surface area contributed by atoms with Gasteiger partial charge in [-0.15, -0.1) is 0 Å². The van der Waals surface area contributed by atoms with Crippen molar-refractivity contribution >= 4 is 12.1 Å². The van der Waals surface area contributed by atoms with Crippen LogP contribution in [-0.2, 0) is 0 Å². The minimum absolute atomic E-state index is 0.00235. The maximum absolute atomic E-state index is 12.9. The van der Waals surface area contributed by atoms with E-state index in [0.29, 0.717) is 0 Å². The quantitative estimate of drug-likeness (QED) is 0.473. The number of halogens is 4. The van der Waals surface area contributed by atoms with Gasteiger partial charge in [-0.1, -0.05) is 12.1 Å². The first-order valence-corrected chi connectivity index (χ1v) is 6.85. The second-order valence-corrected chi connectivity index (χ2v) is 4.78.